The summed E-state index contributed by atoms with van der Waals surface area (Å²) in [6.45, 7) is 1.02. The molecule has 0 bridgehead atoms. The largest absolute Gasteiger partial charge is 0.486 e. The molecule has 6 nitrogen and oxygen atoms in total. The van der Waals surface area contributed by atoms with Crippen molar-refractivity contribution in [1.82, 2.24) is 4.98 Å². The molecule has 0 unspecified atom stereocenters. The summed E-state index contributed by atoms with van der Waals surface area (Å²) in [4.78, 5) is 14.9. The Morgan fingerprint density at radius 1 is 1.32 bits per heavy atom. The van der Waals surface area contributed by atoms with Crippen LogP contribution in [0.2, 0.25) is 0 Å². The molecule has 0 amide bonds. The molecule has 19 heavy (non-hydrogen) atoms. The highest BCUT2D eigenvalue weighted by atomic mass is 32.1. The molecule has 2 heterocycles. The van der Waals surface area contributed by atoms with Gasteiger partial charge in [-0.05, 0) is 18.2 Å². The van der Waals surface area contributed by atoms with E-state index >= 15 is 0 Å². The monoisotopic (exact) mass is 278 g/mol. The quantitative estimate of drug-likeness (QED) is 0.870. The number of benzene rings is 1. The Balaban J connectivity index is 2.02. The molecule has 0 spiro atoms. The van der Waals surface area contributed by atoms with E-state index < -0.39 is 5.97 Å². The second-order valence-corrected chi connectivity index (χ2v) is 4.93. The van der Waals surface area contributed by atoms with Crippen LogP contribution in [-0.4, -0.2) is 29.3 Å². The number of aromatic carboxylic acids is 1. The van der Waals surface area contributed by atoms with Crippen molar-refractivity contribution in [3.63, 3.8) is 0 Å². The van der Waals surface area contributed by atoms with Gasteiger partial charge in [0.2, 0.25) is 0 Å². The summed E-state index contributed by atoms with van der Waals surface area (Å²) in [5.74, 6) is 0.185. The Morgan fingerprint density at radius 3 is 2.74 bits per heavy atom. The number of hydrogen-bond acceptors (Lipinski definition) is 6. The smallest absolute Gasteiger partial charge is 0.357 e. The number of thiazole rings is 1. The topological polar surface area (TPSA) is 94.7 Å². The number of carboxylic acids is 1. The summed E-state index contributed by atoms with van der Waals surface area (Å²) in [5.41, 5.74) is 6.28. The van der Waals surface area contributed by atoms with Crippen LogP contribution in [0.3, 0.4) is 0 Å². The Bertz CT molecular complexity index is 653. The summed E-state index contributed by atoms with van der Waals surface area (Å²) in [5, 5.41) is 9.68. The summed E-state index contributed by atoms with van der Waals surface area (Å²) in [7, 11) is 0. The van der Waals surface area contributed by atoms with Crippen molar-refractivity contribution >= 4 is 22.3 Å². The highest BCUT2D eigenvalue weighted by Crippen LogP contribution is 2.37. The maximum atomic E-state index is 10.9. The van der Waals surface area contributed by atoms with Crippen molar-refractivity contribution in [2.45, 2.75) is 0 Å². The van der Waals surface area contributed by atoms with Crippen molar-refractivity contribution in [2.24, 2.45) is 0 Å². The van der Waals surface area contributed by atoms with E-state index in [1.165, 1.54) is 0 Å². The Morgan fingerprint density at radius 2 is 2.05 bits per heavy atom. The summed E-state index contributed by atoms with van der Waals surface area (Å²) in [6.07, 6.45) is 0. The fourth-order valence-electron chi connectivity index (χ4n) is 1.79. The van der Waals surface area contributed by atoms with Crippen LogP contribution in [0.5, 0.6) is 11.5 Å². The summed E-state index contributed by atoms with van der Waals surface area (Å²) < 4.78 is 10.9. The molecule has 1 aliphatic heterocycles. The van der Waals surface area contributed by atoms with Crippen LogP contribution in [-0.2, 0) is 0 Å². The third-order valence-corrected chi connectivity index (χ3v) is 3.58. The van der Waals surface area contributed by atoms with Crippen molar-refractivity contribution < 1.29 is 19.4 Å². The number of nitrogens with zero attached hydrogens (tertiary/aromatic N) is 1. The molecule has 0 radical (unpaired) electrons. The lowest BCUT2D eigenvalue weighted by Gasteiger charge is -2.18. The Labute approximate surface area is 112 Å². The van der Waals surface area contributed by atoms with Crippen molar-refractivity contribution in [1.29, 1.82) is 0 Å². The number of carboxylic acid groups (broad SMARTS) is 1. The molecular weight excluding hydrogens is 268 g/mol. The lowest BCUT2D eigenvalue weighted by atomic mass is 10.2. The molecule has 0 aliphatic carbocycles. The van der Waals surface area contributed by atoms with Gasteiger partial charge in [-0.15, -0.1) is 0 Å². The van der Waals surface area contributed by atoms with E-state index in [9.17, 15) is 4.79 Å². The third-order valence-electron chi connectivity index (χ3n) is 2.65. The number of fused-ring (bicyclic) bond motifs is 1. The van der Waals surface area contributed by atoms with Gasteiger partial charge in [-0.2, -0.15) is 0 Å². The molecule has 0 atom stereocenters. The maximum Gasteiger partial charge on any atom is 0.357 e. The normalized spacial score (nSPS) is 13.3. The van der Waals surface area contributed by atoms with Gasteiger partial charge < -0.3 is 20.3 Å². The highest BCUT2D eigenvalue weighted by Gasteiger charge is 2.18. The van der Waals surface area contributed by atoms with Crippen molar-refractivity contribution in [2.75, 3.05) is 18.9 Å². The zero-order chi connectivity index (χ0) is 13.4. The van der Waals surface area contributed by atoms with E-state index in [-0.39, 0.29) is 10.7 Å². The zero-order valence-electron chi connectivity index (χ0n) is 9.75. The number of ether oxygens (including phenoxy) is 2. The fraction of sp³-hybridized carbons (Fsp3) is 0.167. The Hall–Kier alpha value is -2.28. The first-order valence-electron chi connectivity index (χ1n) is 5.55. The van der Waals surface area contributed by atoms with E-state index in [0.29, 0.717) is 29.7 Å². The van der Waals surface area contributed by atoms with Crippen LogP contribution in [0.4, 0.5) is 5.00 Å². The molecular formula is C12H10N2O4S. The molecule has 0 saturated heterocycles. The van der Waals surface area contributed by atoms with Crippen LogP contribution in [0, 0.1) is 0 Å². The molecule has 3 rings (SSSR count). The van der Waals surface area contributed by atoms with Crippen molar-refractivity contribution in [3.05, 3.63) is 23.9 Å². The van der Waals surface area contributed by atoms with Gasteiger partial charge in [0.15, 0.2) is 17.2 Å². The average Bonchev–Trinajstić information content (AvgIpc) is 2.80. The van der Waals surface area contributed by atoms with Crippen LogP contribution < -0.4 is 15.2 Å². The standard InChI is InChI=1S/C12H10N2O4S/c13-10-9(12(15)16)14-11(19-10)6-1-2-7-8(5-6)18-4-3-17-7/h1-2,5H,3-4,13H2,(H,15,16). The van der Waals surface area contributed by atoms with Gasteiger partial charge in [-0.3, -0.25) is 0 Å². The van der Waals surface area contributed by atoms with Crippen LogP contribution in [0.1, 0.15) is 10.5 Å². The molecule has 0 saturated carbocycles. The molecule has 0 fully saturated rings. The van der Waals surface area contributed by atoms with E-state index in [1.807, 2.05) is 0 Å². The van der Waals surface area contributed by atoms with Gasteiger partial charge in [0.25, 0.3) is 0 Å². The fourth-order valence-corrected chi connectivity index (χ4v) is 2.60. The predicted octanol–water partition coefficient (Wildman–Crippen LogP) is 1.86. The number of anilines is 1. The van der Waals surface area contributed by atoms with E-state index in [0.717, 1.165) is 16.9 Å². The average molecular weight is 278 g/mol. The number of hydrogen-bond donors (Lipinski definition) is 2. The maximum absolute atomic E-state index is 10.9. The van der Waals surface area contributed by atoms with Gasteiger partial charge in [0, 0.05) is 5.56 Å². The molecule has 1 aromatic carbocycles. The predicted molar refractivity (Wildman–Crippen MR) is 69.9 cm³/mol. The lowest BCUT2D eigenvalue weighted by Crippen LogP contribution is -2.15. The van der Waals surface area contributed by atoms with Crippen LogP contribution >= 0.6 is 11.3 Å². The molecule has 3 N–H and O–H groups in total. The number of rotatable bonds is 2. The molecule has 2 aromatic rings. The van der Waals surface area contributed by atoms with E-state index in [2.05, 4.69) is 4.98 Å². The first kappa shape index (κ1) is 11.8. The molecule has 1 aromatic heterocycles. The first-order chi connectivity index (χ1) is 9.15. The Kier molecular flexibility index (Phi) is 2.75. The zero-order valence-corrected chi connectivity index (χ0v) is 10.6. The van der Waals surface area contributed by atoms with Crippen LogP contribution in [0.25, 0.3) is 10.6 Å². The van der Waals surface area contributed by atoms with Gasteiger partial charge in [0.1, 0.15) is 23.2 Å². The third kappa shape index (κ3) is 2.08. The van der Waals surface area contributed by atoms with Gasteiger partial charge >= 0.3 is 5.97 Å². The lowest BCUT2D eigenvalue weighted by molar-refractivity contribution is 0.0692. The molecule has 7 heteroatoms. The van der Waals surface area contributed by atoms with Gasteiger partial charge in [0.05, 0.1) is 0 Å². The molecule has 98 valence electrons. The molecule has 1 aliphatic rings. The van der Waals surface area contributed by atoms with Crippen LogP contribution in [0.15, 0.2) is 18.2 Å². The second-order valence-electron chi connectivity index (χ2n) is 3.90. The minimum absolute atomic E-state index is 0.116. The van der Waals surface area contributed by atoms with Gasteiger partial charge in [-0.25, -0.2) is 9.78 Å². The minimum Gasteiger partial charge on any atom is -0.486 e. The number of nitrogen functional groups attached to an aromatic ring is 1. The first-order valence-corrected chi connectivity index (χ1v) is 6.36. The van der Waals surface area contributed by atoms with E-state index in [4.69, 9.17) is 20.3 Å². The summed E-state index contributed by atoms with van der Waals surface area (Å²) >= 11 is 1.14. The minimum atomic E-state index is -1.13. The number of aromatic nitrogens is 1. The highest BCUT2D eigenvalue weighted by molar-refractivity contribution is 7.19. The SMILES string of the molecule is Nc1sc(-c2ccc3c(c2)OCCO3)nc1C(=O)O. The second kappa shape index (κ2) is 4.43. The number of carbonyl (C=O) groups is 1. The number of nitrogens with two attached hydrogens (primary N) is 1. The summed E-state index contributed by atoms with van der Waals surface area (Å²) in [6, 6.07) is 5.36. The van der Waals surface area contributed by atoms with Crippen molar-refractivity contribution in [3.8, 4) is 22.1 Å². The van der Waals surface area contributed by atoms with E-state index in [1.54, 1.807) is 18.2 Å². The van der Waals surface area contributed by atoms with Gasteiger partial charge in [-0.1, -0.05) is 11.3 Å².